The van der Waals surface area contributed by atoms with Crippen molar-refractivity contribution in [1.82, 2.24) is 0 Å². The van der Waals surface area contributed by atoms with E-state index in [2.05, 4.69) is 0 Å². The predicted octanol–water partition coefficient (Wildman–Crippen LogP) is 1.28. The molecule has 0 spiro atoms. The van der Waals surface area contributed by atoms with Crippen LogP contribution in [0.15, 0.2) is 0 Å². The minimum absolute atomic E-state index is 0.0544. The molecule has 3 nitrogen and oxygen atoms in total. The largest absolute Gasteiger partial charge is 0.481 e. The number of ether oxygens (including phenoxy) is 1. The lowest BCUT2D eigenvalue weighted by Gasteiger charge is -2.25. The van der Waals surface area contributed by atoms with E-state index in [4.69, 9.17) is 9.84 Å². The second kappa shape index (κ2) is 3.72. The van der Waals surface area contributed by atoms with Crippen LogP contribution >= 0.6 is 0 Å². The minimum Gasteiger partial charge on any atom is -0.481 e. The Morgan fingerprint density at radius 3 is 2.82 bits per heavy atom. The van der Waals surface area contributed by atoms with Crippen molar-refractivity contribution in [3.63, 3.8) is 0 Å². The topological polar surface area (TPSA) is 46.5 Å². The van der Waals surface area contributed by atoms with Crippen LogP contribution in [-0.2, 0) is 9.53 Å². The summed E-state index contributed by atoms with van der Waals surface area (Å²) in [7, 11) is 0. The molecule has 0 aromatic rings. The quantitative estimate of drug-likeness (QED) is 0.658. The first-order valence-electron chi connectivity index (χ1n) is 4.06. The fourth-order valence-corrected chi connectivity index (χ4v) is 1.32. The highest BCUT2D eigenvalue weighted by Gasteiger charge is 2.25. The summed E-state index contributed by atoms with van der Waals surface area (Å²) >= 11 is 0. The monoisotopic (exact) mass is 158 g/mol. The molecule has 0 aromatic carbocycles. The van der Waals surface area contributed by atoms with Gasteiger partial charge in [0.25, 0.3) is 0 Å². The first-order valence-corrected chi connectivity index (χ1v) is 4.06. The molecule has 1 aliphatic heterocycles. The third-order valence-electron chi connectivity index (χ3n) is 2.16. The van der Waals surface area contributed by atoms with Gasteiger partial charge in [-0.3, -0.25) is 4.79 Å². The maximum atomic E-state index is 10.5. The minimum atomic E-state index is -0.753. The highest BCUT2D eigenvalue weighted by molar-refractivity contribution is 5.70. The number of rotatable bonds is 2. The highest BCUT2D eigenvalue weighted by atomic mass is 16.5. The summed E-state index contributed by atoms with van der Waals surface area (Å²) in [5, 5.41) is 8.65. The van der Waals surface area contributed by atoms with Gasteiger partial charge in [-0.05, 0) is 26.2 Å². The van der Waals surface area contributed by atoms with Crippen molar-refractivity contribution in [1.29, 1.82) is 0 Å². The number of carboxylic acids is 1. The van der Waals surface area contributed by atoms with Crippen molar-refractivity contribution < 1.29 is 14.6 Å². The Balaban J connectivity index is 2.38. The van der Waals surface area contributed by atoms with Crippen LogP contribution in [0.5, 0.6) is 0 Å². The third-order valence-corrected chi connectivity index (χ3v) is 2.16. The van der Waals surface area contributed by atoms with Crippen molar-refractivity contribution in [2.24, 2.45) is 5.92 Å². The summed E-state index contributed by atoms with van der Waals surface area (Å²) in [5.74, 6) is -1.10. The molecule has 1 heterocycles. The van der Waals surface area contributed by atoms with Crippen LogP contribution in [0.3, 0.4) is 0 Å². The molecule has 0 aliphatic carbocycles. The Morgan fingerprint density at radius 1 is 1.64 bits per heavy atom. The van der Waals surface area contributed by atoms with Crippen molar-refractivity contribution in [3.8, 4) is 0 Å². The van der Waals surface area contributed by atoms with E-state index in [1.54, 1.807) is 6.92 Å². The first-order chi connectivity index (χ1) is 5.22. The zero-order valence-corrected chi connectivity index (χ0v) is 6.75. The Hall–Kier alpha value is -0.570. The van der Waals surface area contributed by atoms with Gasteiger partial charge in [-0.15, -0.1) is 0 Å². The van der Waals surface area contributed by atoms with Crippen LogP contribution in [0.1, 0.15) is 26.2 Å². The van der Waals surface area contributed by atoms with E-state index < -0.39 is 5.97 Å². The smallest absolute Gasteiger partial charge is 0.308 e. The number of hydrogen-bond donors (Lipinski definition) is 1. The van der Waals surface area contributed by atoms with Gasteiger partial charge in [0.2, 0.25) is 0 Å². The summed E-state index contributed by atoms with van der Waals surface area (Å²) in [5.41, 5.74) is 0. The maximum absolute atomic E-state index is 10.5. The maximum Gasteiger partial charge on any atom is 0.308 e. The van der Waals surface area contributed by atoms with Crippen LogP contribution in [0, 0.1) is 5.92 Å². The normalized spacial score (nSPS) is 27.9. The summed E-state index contributed by atoms with van der Waals surface area (Å²) in [6.07, 6.45) is 3.01. The number of carbonyl (C=O) groups is 1. The van der Waals surface area contributed by atoms with Crippen molar-refractivity contribution in [2.45, 2.75) is 32.3 Å². The molecular formula is C8H14O3. The summed E-state index contributed by atoms with van der Waals surface area (Å²) in [4.78, 5) is 10.5. The van der Waals surface area contributed by atoms with Gasteiger partial charge >= 0.3 is 5.97 Å². The van der Waals surface area contributed by atoms with Crippen LogP contribution in [0.25, 0.3) is 0 Å². The molecule has 0 saturated carbocycles. The summed E-state index contributed by atoms with van der Waals surface area (Å²) < 4.78 is 5.32. The molecule has 2 atom stereocenters. The average Bonchev–Trinajstić information content (AvgIpc) is 2.05. The molecule has 1 rings (SSSR count). The number of carboxylic acid groups (broad SMARTS) is 1. The van der Waals surface area contributed by atoms with Gasteiger partial charge in [0, 0.05) is 6.61 Å². The zero-order chi connectivity index (χ0) is 8.27. The molecule has 0 amide bonds. The van der Waals surface area contributed by atoms with Gasteiger partial charge in [-0.1, -0.05) is 0 Å². The van der Waals surface area contributed by atoms with Gasteiger partial charge in [-0.2, -0.15) is 0 Å². The lowest BCUT2D eigenvalue weighted by atomic mass is 9.98. The molecule has 11 heavy (non-hydrogen) atoms. The molecule has 1 aliphatic rings. The Labute approximate surface area is 66.4 Å². The van der Waals surface area contributed by atoms with Gasteiger partial charge in [-0.25, -0.2) is 0 Å². The van der Waals surface area contributed by atoms with Gasteiger partial charge < -0.3 is 9.84 Å². The van der Waals surface area contributed by atoms with Crippen LogP contribution < -0.4 is 0 Å². The molecule has 1 unspecified atom stereocenters. The molecule has 0 aromatic heterocycles. The van der Waals surface area contributed by atoms with E-state index >= 15 is 0 Å². The molecule has 1 fully saturated rings. The lowest BCUT2D eigenvalue weighted by Crippen LogP contribution is -2.31. The van der Waals surface area contributed by atoms with Crippen LogP contribution in [-0.4, -0.2) is 23.8 Å². The second-order valence-electron chi connectivity index (χ2n) is 3.03. The summed E-state index contributed by atoms with van der Waals surface area (Å²) in [6, 6.07) is 0. The first kappa shape index (κ1) is 8.53. The van der Waals surface area contributed by atoms with Gasteiger partial charge in [0.15, 0.2) is 0 Å². The fraction of sp³-hybridized carbons (Fsp3) is 0.875. The second-order valence-corrected chi connectivity index (χ2v) is 3.03. The molecule has 64 valence electrons. The molecule has 1 N–H and O–H groups in total. The predicted molar refractivity (Wildman–Crippen MR) is 40.4 cm³/mol. The van der Waals surface area contributed by atoms with E-state index in [0.717, 1.165) is 25.9 Å². The SMILES string of the molecule is C[C@H](C(=O)O)C1CCCCO1. The van der Waals surface area contributed by atoms with Crippen molar-refractivity contribution in [2.75, 3.05) is 6.61 Å². The summed E-state index contributed by atoms with van der Waals surface area (Å²) in [6.45, 7) is 2.43. The third kappa shape index (κ3) is 2.19. The molecule has 0 radical (unpaired) electrons. The molecule has 1 saturated heterocycles. The highest BCUT2D eigenvalue weighted by Crippen LogP contribution is 2.19. The van der Waals surface area contributed by atoms with E-state index in [-0.39, 0.29) is 12.0 Å². The van der Waals surface area contributed by atoms with Crippen LogP contribution in [0.4, 0.5) is 0 Å². The lowest BCUT2D eigenvalue weighted by molar-refractivity contribution is -0.148. The molecule has 0 bridgehead atoms. The van der Waals surface area contributed by atoms with Gasteiger partial charge in [0.05, 0.1) is 12.0 Å². The van der Waals surface area contributed by atoms with E-state index in [9.17, 15) is 4.79 Å². The van der Waals surface area contributed by atoms with E-state index in [1.165, 1.54) is 0 Å². The van der Waals surface area contributed by atoms with Crippen molar-refractivity contribution in [3.05, 3.63) is 0 Å². The van der Waals surface area contributed by atoms with Crippen molar-refractivity contribution >= 4 is 5.97 Å². The average molecular weight is 158 g/mol. The number of hydrogen-bond acceptors (Lipinski definition) is 2. The Kier molecular flexibility index (Phi) is 2.88. The molecule has 3 heteroatoms. The van der Waals surface area contributed by atoms with Crippen LogP contribution in [0.2, 0.25) is 0 Å². The zero-order valence-electron chi connectivity index (χ0n) is 6.75. The van der Waals surface area contributed by atoms with E-state index in [1.807, 2.05) is 0 Å². The Morgan fingerprint density at radius 2 is 2.36 bits per heavy atom. The Bertz CT molecular complexity index is 138. The molecular weight excluding hydrogens is 144 g/mol. The van der Waals surface area contributed by atoms with E-state index in [0.29, 0.717) is 0 Å². The standard InChI is InChI=1S/C8H14O3/c1-6(8(9)10)7-4-2-3-5-11-7/h6-7H,2-5H2,1H3,(H,9,10)/t6-,7?/m0/s1. The number of aliphatic carboxylic acids is 1. The fourth-order valence-electron chi connectivity index (χ4n) is 1.32. The van der Waals surface area contributed by atoms with Gasteiger partial charge in [0.1, 0.15) is 0 Å².